The van der Waals surface area contributed by atoms with E-state index in [1.54, 1.807) is 0 Å². The second-order valence-corrected chi connectivity index (χ2v) is 7.01. The van der Waals surface area contributed by atoms with E-state index < -0.39 is 0 Å². The summed E-state index contributed by atoms with van der Waals surface area (Å²) in [5, 5.41) is 4.34. The van der Waals surface area contributed by atoms with Crippen LogP contribution in [0.2, 0.25) is 0 Å². The molecule has 1 aromatic rings. The molecule has 0 bridgehead atoms. The van der Waals surface area contributed by atoms with Crippen LogP contribution in [0.1, 0.15) is 69.1 Å². The average molecular weight is 293 g/mol. The second-order valence-electron chi connectivity index (χ2n) is 5.72. The van der Waals surface area contributed by atoms with E-state index in [9.17, 15) is 0 Å². The molecular formula is C16H27N3S. The molecule has 3 nitrogen and oxygen atoms in total. The van der Waals surface area contributed by atoms with Crippen LogP contribution in [0.3, 0.4) is 0 Å². The van der Waals surface area contributed by atoms with E-state index in [0.29, 0.717) is 6.04 Å². The minimum Gasteiger partial charge on any atom is -0.310 e. The largest absolute Gasteiger partial charge is 0.310 e. The van der Waals surface area contributed by atoms with Crippen LogP contribution in [0.25, 0.3) is 0 Å². The molecule has 1 heterocycles. The van der Waals surface area contributed by atoms with Crippen molar-refractivity contribution in [2.45, 2.75) is 69.9 Å². The van der Waals surface area contributed by atoms with Crippen LogP contribution in [-0.4, -0.2) is 21.8 Å². The van der Waals surface area contributed by atoms with Crippen LogP contribution in [0.4, 0.5) is 0 Å². The van der Waals surface area contributed by atoms with Crippen LogP contribution in [0.5, 0.6) is 0 Å². The van der Waals surface area contributed by atoms with Gasteiger partial charge in [0.1, 0.15) is 5.82 Å². The minimum absolute atomic E-state index is 0.339. The molecule has 20 heavy (non-hydrogen) atoms. The third-order valence-electron chi connectivity index (χ3n) is 3.98. The molecule has 0 amide bonds. The number of nitrogens with one attached hydrogen (secondary N) is 1. The van der Waals surface area contributed by atoms with Gasteiger partial charge in [0.05, 0.1) is 5.75 Å². The van der Waals surface area contributed by atoms with E-state index in [2.05, 4.69) is 31.1 Å². The van der Waals surface area contributed by atoms with E-state index in [-0.39, 0.29) is 0 Å². The molecule has 1 N–H and O–H groups in total. The topological polar surface area (TPSA) is 37.8 Å². The zero-order valence-corrected chi connectivity index (χ0v) is 13.8. The Morgan fingerprint density at radius 1 is 1.40 bits per heavy atom. The minimum atomic E-state index is 0.339. The van der Waals surface area contributed by atoms with Gasteiger partial charge in [-0.3, -0.25) is 0 Å². The zero-order valence-electron chi connectivity index (χ0n) is 13.0. The van der Waals surface area contributed by atoms with Crippen LogP contribution >= 0.6 is 11.8 Å². The molecule has 112 valence electrons. The number of rotatable bonds is 7. The molecule has 0 radical (unpaired) electrons. The summed E-state index contributed by atoms with van der Waals surface area (Å²) >= 11 is 2.03. The van der Waals surface area contributed by atoms with Gasteiger partial charge in [0.25, 0.3) is 0 Å². The summed E-state index contributed by atoms with van der Waals surface area (Å²) in [6.07, 6.45) is 8.72. The first kappa shape index (κ1) is 15.8. The van der Waals surface area contributed by atoms with Gasteiger partial charge >= 0.3 is 0 Å². The predicted molar refractivity (Wildman–Crippen MR) is 87.0 cm³/mol. The van der Waals surface area contributed by atoms with Crippen LogP contribution in [-0.2, 0) is 5.75 Å². The summed E-state index contributed by atoms with van der Waals surface area (Å²) in [5.41, 5.74) is 2.35. The van der Waals surface area contributed by atoms with Gasteiger partial charge in [-0.15, -0.1) is 0 Å². The lowest BCUT2D eigenvalue weighted by molar-refractivity contribution is 0.563. The molecule has 1 saturated carbocycles. The number of aromatic nitrogens is 2. The SMILES string of the molecule is CCCNC(C)c1cnc(CSC2CCCC2)nc1C. The highest BCUT2D eigenvalue weighted by Gasteiger charge is 2.16. The van der Waals surface area contributed by atoms with Crippen molar-refractivity contribution in [3.63, 3.8) is 0 Å². The van der Waals surface area contributed by atoms with Crippen LogP contribution < -0.4 is 5.32 Å². The van der Waals surface area contributed by atoms with Crippen molar-refractivity contribution in [3.05, 3.63) is 23.3 Å². The summed E-state index contributed by atoms with van der Waals surface area (Å²) in [6.45, 7) is 7.52. The summed E-state index contributed by atoms with van der Waals surface area (Å²) in [6, 6.07) is 0.339. The maximum absolute atomic E-state index is 4.69. The summed E-state index contributed by atoms with van der Waals surface area (Å²) in [4.78, 5) is 9.25. The van der Waals surface area contributed by atoms with Crippen molar-refractivity contribution in [3.8, 4) is 0 Å². The van der Waals surface area contributed by atoms with Crippen molar-refractivity contribution < 1.29 is 0 Å². The highest BCUT2D eigenvalue weighted by Crippen LogP contribution is 2.31. The molecule has 0 aliphatic heterocycles. The van der Waals surface area contributed by atoms with E-state index in [1.165, 1.54) is 31.2 Å². The maximum atomic E-state index is 4.69. The van der Waals surface area contributed by atoms with Gasteiger partial charge in [0.15, 0.2) is 0 Å². The van der Waals surface area contributed by atoms with Crippen molar-refractivity contribution in [1.82, 2.24) is 15.3 Å². The molecule has 1 fully saturated rings. The smallest absolute Gasteiger partial charge is 0.138 e. The molecule has 1 aliphatic carbocycles. The fourth-order valence-electron chi connectivity index (χ4n) is 2.74. The zero-order chi connectivity index (χ0) is 14.4. The van der Waals surface area contributed by atoms with Gasteiger partial charge < -0.3 is 5.32 Å². The molecule has 2 rings (SSSR count). The molecule has 1 unspecified atom stereocenters. The second kappa shape index (κ2) is 7.99. The van der Waals surface area contributed by atoms with E-state index >= 15 is 0 Å². The predicted octanol–water partition coefficient (Wildman–Crippen LogP) is 4.02. The lowest BCUT2D eigenvalue weighted by Crippen LogP contribution is -2.21. The Hall–Kier alpha value is -0.610. The Balaban J connectivity index is 1.90. The monoisotopic (exact) mass is 293 g/mol. The third-order valence-corrected chi connectivity index (χ3v) is 5.35. The highest BCUT2D eigenvalue weighted by atomic mass is 32.2. The third kappa shape index (κ3) is 4.45. The molecule has 0 aromatic carbocycles. The van der Waals surface area contributed by atoms with Gasteiger partial charge in [0.2, 0.25) is 0 Å². The van der Waals surface area contributed by atoms with Crippen molar-refractivity contribution in [2.24, 2.45) is 0 Å². The number of nitrogens with zero attached hydrogens (tertiary/aromatic N) is 2. The standard InChI is InChI=1S/C16H27N3S/c1-4-9-17-12(2)15-10-18-16(19-13(15)3)11-20-14-7-5-6-8-14/h10,12,14,17H,4-9,11H2,1-3H3. The molecule has 1 aliphatic rings. The Labute approximate surface area is 127 Å². The molecule has 0 saturated heterocycles. The summed E-state index contributed by atoms with van der Waals surface area (Å²) < 4.78 is 0. The quantitative estimate of drug-likeness (QED) is 0.824. The van der Waals surface area contributed by atoms with E-state index in [1.807, 2.05) is 18.0 Å². The summed E-state index contributed by atoms with van der Waals surface area (Å²) in [5.74, 6) is 1.95. The lowest BCUT2D eigenvalue weighted by Gasteiger charge is -2.16. The Morgan fingerprint density at radius 3 is 2.80 bits per heavy atom. The van der Waals surface area contributed by atoms with Gasteiger partial charge in [0, 0.05) is 28.7 Å². The Kier molecular flexibility index (Phi) is 6.30. The fraction of sp³-hybridized carbons (Fsp3) is 0.750. The molecular weight excluding hydrogens is 266 g/mol. The molecule has 1 atom stereocenters. The van der Waals surface area contributed by atoms with Gasteiger partial charge in [-0.05, 0) is 39.7 Å². The van der Waals surface area contributed by atoms with Gasteiger partial charge in [-0.25, -0.2) is 9.97 Å². The van der Waals surface area contributed by atoms with Crippen LogP contribution in [0.15, 0.2) is 6.20 Å². The molecule has 4 heteroatoms. The Morgan fingerprint density at radius 2 is 2.15 bits per heavy atom. The van der Waals surface area contributed by atoms with Gasteiger partial charge in [-0.2, -0.15) is 11.8 Å². The van der Waals surface area contributed by atoms with Gasteiger partial charge in [-0.1, -0.05) is 19.8 Å². The average Bonchev–Trinajstić information content (AvgIpc) is 2.96. The van der Waals surface area contributed by atoms with Crippen molar-refractivity contribution >= 4 is 11.8 Å². The number of hydrogen-bond donors (Lipinski definition) is 1. The maximum Gasteiger partial charge on any atom is 0.138 e. The number of hydrogen-bond acceptors (Lipinski definition) is 4. The first-order valence-electron chi connectivity index (χ1n) is 7.88. The summed E-state index contributed by atoms with van der Waals surface area (Å²) in [7, 11) is 0. The van der Waals surface area contributed by atoms with Crippen LogP contribution in [0, 0.1) is 6.92 Å². The number of aryl methyl sites for hydroxylation is 1. The first-order chi connectivity index (χ1) is 9.70. The number of thioether (sulfide) groups is 1. The van der Waals surface area contributed by atoms with E-state index in [0.717, 1.165) is 35.5 Å². The molecule has 1 aromatic heterocycles. The lowest BCUT2D eigenvalue weighted by atomic mass is 10.1. The molecule has 0 spiro atoms. The van der Waals surface area contributed by atoms with Crippen molar-refractivity contribution in [1.29, 1.82) is 0 Å². The highest BCUT2D eigenvalue weighted by molar-refractivity contribution is 7.99. The Bertz CT molecular complexity index is 416. The van der Waals surface area contributed by atoms with Crippen molar-refractivity contribution in [2.75, 3.05) is 6.54 Å². The van der Waals surface area contributed by atoms with E-state index in [4.69, 9.17) is 4.98 Å². The normalized spacial score (nSPS) is 17.6. The first-order valence-corrected chi connectivity index (χ1v) is 8.93. The fourth-order valence-corrected chi connectivity index (χ4v) is 3.93.